The van der Waals surface area contributed by atoms with Crippen LogP contribution in [0.3, 0.4) is 0 Å². The van der Waals surface area contributed by atoms with E-state index in [0.717, 1.165) is 23.3 Å². The number of rotatable bonds is 7. The topological polar surface area (TPSA) is 81.4 Å². The van der Waals surface area contributed by atoms with Crippen LogP contribution in [0, 0.1) is 0 Å². The van der Waals surface area contributed by atoms with Crippen LogP contribution in [0.1, 0.15) is 36.5 Å². The zero-order valence-electron chi connectivity index (χ0n) is 13.9. The summed E-state index contributed by atoms with van der Waals surface area (Å²) in [5.74, 6) is -0.727. The molecular formula is C18H22N2O3S. The molecule has 0 radical (unpaired) electrons. The van der Waals surface area contributed by atoms with Crippen molar-refractivity contribution in [2.24, 2.45) is 0 Å². The van der Waals surface area contributed by atoms with Gasteiger partial charge in [0.1, 0.15) is 6.04 Å². The lowest BCUT2D eigenvalue weighted by Crippen LogP contribution is -2.41. The van der Waals surface area contributed by atoms with Crippen molar-refractivity contribution in [3.63, 3.8) is 0 Å². The first-order chi connectivity index (χ1) is 11.6. The maximum Gasteiger partial charge on any atom is 0.328 e. The highest BCUT2D eigenvalue weighted by atomic mass is 32.1. The van der Waals surface area contributed by atoms with E-state index in [1.807, 2.05) is 24.4 Å². The number of nitrogens with one attached hydrogen (secondary N) is 1. The molecule has 0 saturated carbocycles. The third-order valence-corrected chi connectivity index (χ3v) is 4.62. The Bertz CT molecular complexity index is 698. The number of esters is 1. The summed E-state index contributed by atoms with van der Waals surface area (Å²) in [5, 5.41) is 4.73. The number of ether oxygens (including phenoxy) is 1. The summed E-state index contributed by atoms with van der Waals surface area (Å²) in [6.45, 7) is 2.03. The fourth-order valence-electron chi connectivity index (χ4n) is 2.43. The lowest BCUT2D eigenvalue weighted by atomic mass is 10.0. The zero-order chi connectivity index (χ0) is 17.5. The summed E-state index contributed by atoms with van der Waals surface area (Å²) < 4.78 is 4.80. The average molecular weight is 346 g/mol. The van der Waals surface area contributed by atoms with Crippen LogP contribution < -0.4 is 11.1 Å². The Morgan fingerprint density at radius 2 is 2.12 bits per heavy atom. The van der Waals surface area contributed by atoms with Crippen LogP contribution >= 0.6 is 11.3 Å². The van der Waals surface area contributed by atoms with Gasteiger partial charge in [0.05, 0.1) is 7.11 Å². The number of unbranched alkanes of at least 4 members (excludes halogenated alkanes) is 1. The van der Waals surface area contributed by atoms with Gasteiger partial charge in [0, 0.05) is 21.7 Å². The molecule has 0 saturated heterocycles. The highest BCUT2D eigenvalue weighted by Gasteiger charge is 2.23. The summed E-state index contributed by atoms with van der Waals surface area (Å²) in [6, 6.07) is 8.37. The SMILES string of the molecule is CCCCC(NC(=O)c1ccc(N)cc1-c1cccs1)C(=O)OC. The van der Waals surface area contributed by atoms with Crippen molar-refractivity contribution in [3.05, 3.63) is 41.3 Å². The van der Waals surface area contributed by atoms with Gasteiger partial charge < -0.3 is 15.8 Å². The minimum atomic E-state index is -0.642. The molecule has 6 heteroatoms. The van der Waals surface area contributed by atoms with Crippen LogP contribution in [-0.4, -0.2) is 25.0 Å². The van der Waals surface area contributed by atoms with E-state index in [9.17, 15) is 9.59 Å². The van der Waals surface area contributed by atoms with Gasteiger partial charge in [0.25, 0.3) is 5.91 Å². The van der Waals surface area contributed by atoms with Gasteiger partial charge >= 0.3 is 5.97 Å². The molecule has 0 aliphatic heterocycles. The number of anilines is 1. The predicted molar refractivity (Wildman–Crippen MR) is 97.0 cm³/mol. The first-order valence-electron chi connectivity index (χ1n) is 7.89. The van der Waals surface area contributed by atoms with Gasteiger partial charge in [-0.05, 0) is 36.1 Å². The van der Waals surface area contributed by atoms with Crippen LogP contribution in [0.4, 0.5) is 5.69 Å². The Labute approximate surface area is 145 Å². The van der Waals surface area contributed by atoms with E-state index in [2.05, 4.69) is 5.32 Å². The van der Waals surface area contributed by atoms with Crippen LogP contribution in [0.25, 0.3) is 10.4 Å². The second-order valence-electron chi connectivity index (χ2n) is 5.47. The van der Waals surface area contributed by atoms with Crippen LogP contribution in [0.2, 0.25) is 0 Å². The molecule has 1 aromatic carbocycles. The quantitative estimate of drug-likeness (QED) is 0.594. The van der Waals surface area contributed by atoms with Gasteiger partial charge in [0.15, 0.2) is 0 Å². The van der Waals surface area contributed by atoms with E-state index in [0.29, 0.717) is 17.7 Å². The van der Waals surface area contributed by atoms with Crippen molar-refractivity contribution in [2.45, 2.75) is 32.2 Å². The number of methoxy groups -OCH3 is 1. The monoisotopic (exact) mass is 346 g/mol. The second-order valence-corrected chi connectivity index (χ2v) is 6.42. The Kier molecular flexibility index (Phi) is 6.37. The Balaban J connectivity index is 2.27. The molecular weight excluding hydrogens is 324 g/mol. The molecule has 0 fully saturated rings. The minimum Gasteiger partial charge on any atom is -0.467 e. The molecule has 1 unspecified atom stereocenters. The van der Waals surface area contributed by atoms with Gasteiger partial charge in [-0.1, -0.05) is 25.8 Å². The highest BCUT2D eigenvalue weighted by Crippen LogP contribution is 2.30. The molecule has 0 bridgehead atoms. The number of carbonyl (C=O) groups excluding carboxylic acids is 2. The van der Waals surface area contributed by atoms with Gasteiger partial charge in [-0.15, -0.1) is 11.3 Å². The molecule has 3 N–H and O–H groups in total. The van der Waals surface area contributed by atoms with Gasteiger partial charge in [-0.3, -0.25) is 4.79 Å². The molecule has 1 aromatic heterocycles. The Hall–Kier alpha value is -2.34. The number of hydrogen-bond donors (Lipinski definition) is 2. The molecule has 2 aromatic rings. The predicted octanol–water partition coefficient (Wildman–Crippen LogP) is 3.46. The second kappa shape index (κ2) is 8.49. The van der Waals surface area contributed by atoms with E-state index in [4.69, 9.17) is 10.5 Å². The number of amides is 1. The first kappa shape index (κ1) is 18.0. The van der Waals surface area contributed by atoms with E-state index >= 15 is 0 Å². The molecule has 1 heterocycles. The van der Waals surface area contributed by atoms with Crippen LogP contribution in [0.15, 0.2) is 35.7 Å². The third-order valence-electron chi connectivity index (χ3n) is 3.71. The molecule has 1 amide bonds. The average Bonchev–Trinajstić information content (AvgIpc) is 3.12. The molecule has 2 rings (SSSR count). The Morgan fingerprint density at radius 3 is 2.75 bits per heavy atom. The highest BCUT2D eigenvalue weighted by molar-refractivity contribution is 7.13. The van der Waals surface area contributed by atoms with Crippen molar-refractivity contribution in [2.75, 3.05) is 12.8 Å². The number of nitrogens with two attached hydrogens (primary N) is 1. The summed E-state index contributed by atoms with van der Waals surface area (Å²) in [7, 11) is 1.33. The van der Waals surface area contributed by atoms with Crippen molar-refractivity contribution in [1.82, 2.24) is 5.32 Å². The molecule has 0 aliphatic carbocycles. The zero-order valence-corrected chi connectivity index (χ0v) is 14.7. The largest absolute Gasteiger partial charge is 0.467 e. The maximum absolute atomic E-state index is 12.7. The van der Waals surface area contributed by atoms with E-state index in [1.54, 1.807) is 18.2 Å². The number of carbonyl (C=O) groups is 2. The smallest absolute Gasteiger partial charge is 0.328 e. The van der Waals surface area contributed by atoms with Crippen molar-refractivity contribution < 1.29 is 14.3 Å². The summed E-state index contributed by atoms with van der Waals surface area (Å²) in [6.07, 6.45) is 2.32. The first-order valence-corrected chi connectivity index (χ1v) is 8.76. The fraction of sp³-hybridized carbons (Fsp3) is 0.333. The van der Waals surface area contributed by atoms with Crippen LogP contribution in [0.5, 0.6) is 0 Å². The molecule has 1 atom stereocenters. The van der Waals surface area contributed by atoms with E-state index in [-0.39, 0.29) is 5.91 Å². The Morgan fingerprint density at radius 1 is 1.33 bits per heavy atom. The van der Waals surface area contributed by atoms with E-state index in [1.165, 1.54) is 18.4 Å². The maximum atomic E-state index is 12.7. The standard InChI is InChI=1S/C18H22N2O3S/c1-3-4-6-15(18(22)23-2)20-17(21)13-9-8-12(19)11-14(13)16-7-5-10-24-16/h5,7-11,15H,3-4,6,19H2,1-2H3,(H,20,21). The van der Waals surface area contributed by atoms with Crippen molar-refractivity contribution in [3.8, 4) is 10.4 Å². The van der Waals surface area contributed by atoms with E-state index < -0.39 is 12.0 Å². The normalized spacial score (nSPS) is 11.8. The molecule has 128 valence electrons. The van der Waals surface area contributed by atoms with Crippen molar-refractivity contribution >= 4 is 28.9 Å². The fourth-order valence-corrected chi connectivity index (χ4v) is 3.19. The van der Waals surface area contributed by atoms with Crippen LogP contribution in [-0.2, 0) is 9.53 Å². The third kappa shape index (κ3) is 4.35. The number of thiophene rings is 1. The van der Waals surface area contributed by atoms with Crippen molar-refractivity contribution in [1.29, 1.82) is 0 Å². The van der Waals surface area contributed by atoms with Gasteiger partial charge in [0.2, 0.25) is 0 Å². The summed E-state index contributed by atoms with van der Waals surface area (Å²) in [4.78, 5) is 25.6. The lowest BCUT2D eigenvalue weighted by Gasteiger charge is -2.17. The van der Waals surface area contributed by atoms with Gasteiger partial charge in [-0.25, -0.2) is 4.79 Å². The molecule has 0 aliphatic rings. The summed E-state index contributed by atoms with van der Waals surface area (Å²) in [5.41, 5.74) is 7.72. The lowest BCUT2D eigenvalue weighted by molar-refractivity contribution is -0.143. The number of nitrogen functional groups attached to an aromatic ring is 1. The number of hydrogen-bond acceptors (Lipinski definition) is 5. The van der Waals surface area contributed by atoms with Gasteiger partial charge in [-0.2, -0.15) is 0 Å². The molecule has 0 spiro atoms. The number of benzene rings is 1. The minimum absolute atomic E-state index is 0.301. The summed E-state index contributed by atoms with van der Waals surface area (Å²) >= 11 is 1.53. The molecule has 24 heavy (non-hydrogen) atoms. The molecule has 5 nitrogen and oxygen atoms in total.